The van der Waals surface area contributed by atoms with Crippen LogP contribution < -0.4 is 15.4 Å². The molecule has 1 aliphatic rings. The van der Waals surface area contributed by atoms with E-state index in [0.717, 1.165) is 5.56 Å². The van der Waals surface area contributed by atoms with Crippen LogP contribution in [0.4, 0.5) is 11.4 Å². The van der Waals surface area contributed by atoms with Crippen LogP contribution in [0.3, 0.4) is 0 Å². The fraction of sp³-hybridized carbons (Fsp3) is 0.192. The third kappa shape index (κ3) is 4.43. The van der Waals surface area contributed by atoms with Gasteiger partial charge in [-0.3, -0.25) is 14.4 Å². The molecule has 2 N–H and O–H groups in total. The Hall–Kier alpha value is -4.13. The van der Waals surface area contributed by atoms with E-state index < -0.39 is 12.0 Å². The summed E-state index contributed by atoms with van der Waals surface area (Å²) in [4.78, 5) is 39.8. The number of benzene rings is 3. The van der Waals surface area contributed by atoms with E-state index in [1.807, 2.05) is 36.4 Å². The Balaban J connectivity index is 1.74. The minimum atomic E-state index is -0.637. The van der Waals surface area contributed by atoms with Crippen LogP contribution in [0, 0.1) is 0 Å². The van der Waals surface area contributed by atoms with E-state index in [1.165, 1.54) is 6.92 Å². The second kappa shape index (κ2) is 9.16. The highest BCUT2D eigenvalue weighted by Crippen LogP contribution is 2.42. The van der Waals surface area contributed by atoms with Crippen molar-refractivity contribution < 1.29 is 19.1 Å². The highest BCUT2D eigenvalue weighted by Gasteiger charge is 2.42. The summed E-state index contributed by atoms with van der Waals surface area (Å²) in [5.74, 6) is -0.522. The number of methoxy groups -OCH3 is 1. The molecule has 3 amide bonds. The molecule has 3 aromatic carbocycles. The molecule has 0 fully saturated rings. The van der Waals surface area contributed by atoms with Gasteiger partial charge < -0.3 is 20.3 Å². The summed E-state index contributed by atoms with van der Waals surface area (Å²) in [5.41, 5.74) is 3.15. The topological polar surface area (TPSA) is 87.7 Å². The van der Waals surface area contributed by atoms with Gasteiger partial charge in [-0.15, -0.1) is 0 Å². The molecule has 0 aromatic heterocycles. The summed E-state index contributed by atoms with van der Waals surface area (Å²) in [6.45, 7) is 1.43. The van der Waals surface area contributed by atoms with Crippen molar-refractivity contribution in [1.82, 2.24) is 4.90 Å². The number of carbonyl (C=O) groups excluding carboxylic acids is 3. The molecule has 1 aliphatic heterocycles. The van der Waals surface area contributed by atoms with Gasteiger partial charge in [0, 0.05) is 30.9 Å². The van der Waals surface area contributed by atoms with Crippen molar-refractivity contribution in [3.63, 3.8) is 0 Å². The molecule has 7 nitrogen and oxygen atoms in total. The zero-order valence-corrected chi connectivity index (χ0v) is 18.7. The van der Waals surface area contributed by atoms with Gasteiger partial charge in [0.05, 0.1) is 19.1 Å². The Bertz CT molecular complexity index is 1210. The van der Waals surface area contributed by atoms with E-state index in [9.17, 15) is 14.4 Å². The lowest BCUT2D eigenvalue weighted by atomic mass is 9.79. The van der Waals surface area contributed by atoms with Crippen LogP contribution in [-0.4, -0.2) is 36.8 Å². The molecule has 7 heteroatoms. The number of hydrogen-bond acceptors (Lipinski definition) is 4. The van der Waals surface area contributed by atoms with Crippen molar-refractivity contribution in [1.29, 1.82) is 0 Å². The summed E-state index contributed by atoms with van der Waals surface area (Å²) in [6.07, 6.45) is 0. The van der Waals surface area contributed by atoms with E-state index >= 15 is 0 Å². The second-order valence-electron chi connectivity index (χ2n) is 7.95. The molecule has 1 heterocycles. The van der Waals surface area contributed by atoms with Gasteiger partial charge in [0.1, 0.15) is 5.75 Å². The molecule has 0 radical (unpaired) electrons. The molecule has 0 aliphatic carbocycles. The minimum Gasteiger partial charge on any atom is -0.497 e. The quantitative estimate of drug-likeness (QED) is 0.619. The van der Waals surface area contributed by atoms with Crippen LogP contribution in [0.1, 0.15) is 40.4 Å². The van der Waals surface area contributed by atoms with Crippen LogP contribution in [0.2, 0.25) is 0 Å². The first-order valence-corrected chi connectivity index (χ1v) is 10.6. The molecule has 2 unspecified atom stereocenters. The van der Waals surface area contributed by atoms with Crippen LogP contribution in [-0.2, 0) is 9.59 Å². The van der Waals surface area contributed by atoms with Crippen LogP contribution in [0.25, 0.3) is 0 Å². The van der Waals surface area contributed by atoms with Gasteiger partial charge in [-0.05, 0) is 47.5 Å². The maximum Gasteiger partial charge on any atom is 0.254 e. The molecule has 0 saturated heterocycles. The molecule has 3 aromatic rings. The number of rotatable bonds is 5. The Labute approximate surface area is 192 Å². The molecule has 0 saturated carbocycles. The number of ether oxygens (including phenoxy) is 1. The number of nitrogens with one attached hydrogen (secondary N) is 2. The lowest BCUT2D eigenvalue weighted by Gasteiger charge is -2.39. The fourth-order valence-corrected chi connectivity index (χ4v) is 4.27. The van der Waals surface area contributed by atoms with Crippen molar-refractivity contribution in [3.05, 3.63) is 89.5 Å². The van der Waals surface area contributed by atoms with Crippen molar-refractivity contribution in [3.8, 4) is 5.75 Å². The number of fused-ring (bicyclic) bond motifs is 1. The molecule has 33 heavy (non-hydrogen) atoms. The van der Waals surface area contributed by atoms with E-state index in [2.05, 4.69) is 10.6 Å². The van der Waals surface area contributed by atoms with Gasteiger partial charge in [-0.2, -0.15) is 0 Å². The first-order valence-electron chi connectivity index (χ1n) is 10.6. The predicted molar refractivity (Wildman–Crippen MR) is 126 cm³/mol. The van der Waals surface area contributed by atoms with E-state index in [-0.39, 0.29) is 17.7 Å². The first-order chi connectivity index (χ1) is 15.9. The molecule has 0 spiro atoms. The van der Waals surface area contributed by atoms with Gasteiger partial charge in [0.2, 0.25) is 11.8 Å². The predicted octanol–water partition coefficient (Wildman–Crippen LogP) is 4.20. The molecular formula is C26H25N3O4. The average Bonchev–Trinajstić information content (AvgIpc) is 2.81. The number of anilines is 2. The minimum absolute atomic E-state index is 0.136. The third-order valence-corrected chi connectivity index (χ3v) is 5.77. The Morgan fingerprint density at radius 3 is 2.24 bits per heavy atom. The van der Waals surface area contributed by atoms with Crippen molar-refractivity contribution in [2.24, 2.45) is 0 Å². The third-order valence-electron chi connectivity index (χ3n) is 5.77. The SMILES string of the molecule is COc1ccc(C2C(C(=O)Nc3cccc(NC(C)=O)c3)c3ccccc3C(=O)N2C)cc1. The highest BCUT2D eigenvalue weighted by atomic mass is 16.5. The summed E-state index contributed by atoms with van der Waals surface area (Å²) >= 11 is 0. The van der Waals surface area contributed by atoms with Crippen LogP contribution >= 0.6 is 0 Å². The molecule has 4 rings (SSSR count). The Morgan fingerprint density at radius 1 is 0.909 bits per heavy atom. The largest absolute Gasteiger partial charge is 0.497 e. The maximum atomic E-state index is 13.7. The smallest absolute Gasteiger partial charge is 0.254 e. The summed E-state index contributed by atoms with van der Waals surface area (Å²) < 4.78 is 5.26. The van der Waals surface area contributed by atoms with E-state index in [1.54, 1.807) is 55.5 Å². The second-order valence-corrected chi connectivity index (χ2v) is 7.95. The van der Waals surface area contributed by atoms with Gasteiger partial charge in [0.25, 0.3) is 5.91 Å². The van der Waals surface area contributed by atoms with Crippen molar-refractivity contribution >= 4 is 29.1 Å². The zero-order valence-electron chi connectivity index (χ0n) is 18.7. The van der Waals surface area contributed by atoms with Gasteiger partial charge in [-0.25, -0.2) is 0 Å². The van der Waals surface area contributed by atoms with Crippen molar-refractivity contribution in [2.45, 2.75) is 18.9 Å². The lowest BCUT2D eigenvalue weighted by Crippen LogP contribution is -2.44. The molecule has 168 valence electrons. The van der Waals surface area contributed by atoms with Crippen molar-refractivity contribution in [2.75, 3.05) is 24.8 Å². The monoisotopic (exact) mass is 443 g/mol. The number of hydrogen-bond donors (Lipinski definition) is 2. The summed E-state index contributed by atoms with van der Waals surface area (Å²) in [5, 5.41) is 5.69. The number of amides is 3. The Morgan fingerprint density at radius 2 is 1.58 bits per heavy atom. The van der Waals surface area contributed by atoms with Gasteiger partial charge in [0.15, 0.2) is 0 Å². The number of nitrogens with zero attached hydrogens (tertiary/aromatic N) is 1. The average molecular weight is 444 g/mol. The first kappa shape index (κ1) is 22.1. The maximum absolute atomic E-state index is 13.7. The van der Waals surface area contributed by atoms with E-state index in [0.29, 0.717) is 28.3 Å². The van der Waals surface area contributed by atoms with Gasteiger partial charge >= 0.3 is 0 Å². The summed E-state index contributed by atoms with van der Waals surface area (Å²) in [6, 6.07) is 21.1. The Kier molecular flexibility index (Phi) is 6.13. The highest BCUT2D eigenvalue weighted by molar-refractivity contribution is 6.04. The van der Waals surface area contributed by atoms with E-state index in [4.69, 9.17) is 4.74 Å². The molecule has 2 atom stereocenters. The number of likely N-dealkylation sites (N-methyl/N-ethyl adjacent to an activating group) is 1. The number of carbonyl (C=O) groups is 3. The molecular weight excluding hydrogens is 418 g/mol. The molecule has 0 bridgehead atoms. The standard InChI is InChI=1S/C26H25N3O4/c1-16(30)27-18-7-6-8-19(15-18)28-25(31)23-21-9-4-5-10-22(21)26(32)29(2)24(23)17-11-13-20(33-3)14-12-17/h4-15,23-24H,1-3H3,(H,27,30)(H,28,31). The lowest BCUT2D eigenvalue weighted by molar-refractivity contribution is -0.119. The zero-order chi connectivity index (χ0) is 23.5. The normalized spacial score (nSPS) is 17.2. The van der Waals surface area contributed by atoms with Crippen LogP contribution in [0.5, 0.6) is 5.75 Å². The van der Waals surface area contributed by atoms with Crippen LogP contribution in [0.15, 0.2) is 72.8 Å². The van der Waals surface area contributed by atoms with Gasteiger partial charge in [-0.1, -0.05) is 36.4 Å². The summed E-state index contributed by atoms with van der Waals surface area (Å²) in [7, 11) is 3.30. The fourth-order valence-electron chi connectivity index (χ4n) is 4.27.